The maximum Gasteiger partial charge on any atom is 0.218 e. The van der Waals surface area contributed by atoms with E-state index in [-0.39, 0.29) is 16.8 Å². The molecule has 21 heavy (non-hydrogen) atoms. The van der Waals surface area contributed by atoms with Crippen LogP contribution in [0.2, 0.25) is 0 Å². The third-order valence-electron chi connectivity index (χ3n) is 4.09. The van der Waals surface area contributed by atoms with Crippen LogP contribution >= 0.6 is 12.2 Å². The smallest absolute Gasteiger partial charge is 0.218 e. The second-order valence-corrected chi connectivity index (χ2v) is 8.10. The quantitative estimate of drug-likeness (QED) is 0.844. The minimum atomic E-state index is -3.31. The van der Waals surface area contributed by atoms with Crippen molar-refractivity contribution in [2.24, 2.45) is 5.73 Å². The Morgan fingerprint density at radius 3 is 2.62 bits per heavy atom. The molecule has 1 fully saturated rings. The van der Waals surface area contributed by atoms with Crippen LogP contribution in [0.15, 0.2) is 24.3 Å². The summed E-state index contributed by atoms with van der Waals surface area (Å²) in [6.07, 6.45) is 5.36. The molecule has 2 rings (SSSR count). The van der Waals surface area contributed by atoms with Crippen molar-refractivity contribution in [3.05, 3.63) is 35.4 Å². The highest BCUT2D eigenvalue weighted by Gasteiger charge is 2.27. The van der Waals surface area contributed by atoms with Crippen molar-refractivity contribution in [1.82, 2.24) is 4.31 Å². The van der Waals surface area contributed by atoms with E-state index < -0.39 is 10.0 Å². The summed E-state index contributed by atoms with van der Waals surface area (Å²) in [5, 5.41) is 0. The van der Waals surface area contributed by atoms with Gasteiger partial charge in [0.2, 0.25) is 10.0 Å². The van der Waals surface area contributed by atoms with Crippen molar-refractivity contribution in [3.8, 4) is 0 Å². The van der Waals surface area contributed by atoms with Crippen molar-refractivity contribution in [1.29, 1.82) is 0 Å². The lowest BCUT2D eigenvalue weighted by Crippen LogP contribution is -2.38. The molecule has 0 radical (unpaired) electrons. The molecular weight excluding hydrogens is 304 g/mol. The van der Waals surface area contributed by atoms with Crippen molar-refractivity contribution in [3.63, 3.8) is 0 Å². The number of nitrogens with two attached hydrogens (primary N) is 1. The maximum atomic E-state index is 12.5. The first kappa shape index (κ1) is 16.4. The van der Waals surface area contributed by atoms with E-state index in [0.29, 0.717) is 5.56 Å². The van der Waals surface area contributed by atoms with Gasteiger partial charge in [0.25, 0.3) is 0 Å². The lowest BCUT2D eigenvalue weighted by Gasteiger charge is -2.30. The minimum absolute atomic E-state index is 0.00352. The molecule has 1 aromatic carbocycles. The number of hydrogen-bond donors (Lipinski definition) is 1. The van der Waals surface area contributed by atoms with Crippen LogP contribution in [0.25, 0.3) is 0 Å². The summed E-state index contributed by atoms with van der Waals surface area (Å²) in [5.74, 6) is -0.00352. The molecule has 2 N–H and O–H groups in total. The fourth-order valence-electron chi connectivity index (χ4n) is 2.80. The van der Waals surface area contributed by atoms with Crippen molar-refractivity contribution >= 4 is 27.2 Å². The van der Waals surface area contributed by atoms with E-state index in [1.165, 1.54) is 6.42 Å². The number of benzene rings is 1. The summed E-state index contributed by atoms with van der Waals surface area (Å²) in [4.78, 5) is 0.287. The molecular formula is C15H22N2O2S2. The van der Waals surface area contributed by atoms with E-state index >= 15 is 0 Å². The highest BCUT2D eigenvalue weighted by Crippen LogP contribution is 2.24. The number of thiocarbonyl (C=S) groups is 1. The van der Waals surface area contributed by atoms with E-state index in [1.807, 2.05) is 0 Å². The summed E-state index contributed by atoms with van der Waals surface area (Å²) < 4.78 is 26.6. The van der Waals surface area contributed by atoms with Gasteiger partial charge in [0.1, 0.15) is 4.99 Å². The van der Waals surface area contributed by atoms with Gasteiger partial charge in [-0.1, -0.05) is 49.7 Å². The Morgan fingerprint density at radius 2 is 2.00 bits per heavy atom. The maximum absolute atomic E-state index is 12.5. The Kier molecular flexibility index (Phi) is 5.35. The first-order valence-corrected chi connectivity index (χ1v) is 9.26. The third-order valence-corrected chi connectivity index (χ3v) is 6.20. The van der Waals surface area contributed by atoms with E-state index in [2.05, 4.69) is 0 Å². The lowest BCUT2D eigenvalue weighted by molar-refractivity contribution is 0.285. The molecule has 0 amide bonds. The van der Waals surface area contributed by atoms with Crippen LogP contribution in [-0.2, 0) is 15.8 Å². The molecule has 0 atom stereocenters. The Bertz CT molecular complexity index is 608. The molecule has 4 nitrogen and oxygen atoms in total. The second kappa shape index (κ2) is 6.85. The second-order valence-electron chi connectivity index (χ2n) is 5.63. The predicted molar refractivity (Wildman–Crippen MR) is 89.6 cm³/mol. The number of sulfonamides is 1. The molecule has 1 aliphatic rings. The molecule has 1 saturated carbocycles. The van der Waals surface area contributed by atoms with E-state index in [0.717, 1.165) is 31.2 Å². The van der Waals surface area contributed by atoms with Gasteiger partial charge < -0.3 is 5.73 Å². The molecule has 0 aromatic heterocycles. The summed E-state index contributed by atoms with van der Waals surface area (Å²) in [6, 6.07) is 7.29. The van der Waals surface area contributed by atoms with Crippen LogP contribution in [0.4, 0.5) is 0 Å². The molecule has 0 heterocycles. The van der Waals surface area contributed by atoms with Crippen molar-refractivity contribution in [2.45, 2.75) is 43.9 Å². The normalized spacial score (nSPS) is 17.0. The monoisotopic (exact) mass is 326 g/mol. The fraction of sp³-hybridized carbons (Fsp3) is 0.533. The van der Waals surface area contributed by atoms with Gasteiger partial charge in [0, 0.05) is 18.7 Å². The topological polar surface area (TPSA) is 63.4 Å². The van der Waals surface area contributed by atoms with E-state index in [4.69, 9.17) is 18.0 Å². The van der Waals surface area contributed by atoms with Crippen LogP contribution in [0, 0.1) is 0 Å². The van der Waals surface area contributed by atoms with Crippen molar-refractivity contribution < 1.29 is 8.42 Å². The Balaban J connectivity index is 2.12. The van der Waals surface area contributed by atoms with Gasteiger partial charge >= 0.3 is 0 Å². The minimum Gasteiger partial charge on any atom is -0.389 e. The molecule has 0 bridgehead atoms. The van der Waals surface area contributed by atoms with Gasteiger partial charge in [-0.3, -0.25) is 0 Å². The molecule has 0 aliphatic heterocycles. The van der Waals surface area contributed by atoms with E-state index in [9.17, 15) is 8.42 Å². The molecule has 116 valence electrons. The number of hydrogen-bond acceptors (Lipinski definition) is 3. The lowest BCUT2D eigenvalue weighted by atomic mass is 9.96. The molecule has 1 aromatic rings. The first-order valence-electron chi connectivity index (χ1n) is 7.24. The Hall–Kier alpha value is -0.980. The van der Waals surface area contributed by atoms with Crippen LogP contribution < -0.4 is 5.73 Å². The van der Waals surface area contributed by atoms with E-state index in [1.54, 1.807) is 35.6 Å². The highest BCUT2D eigenvalue weighted by molar-refractivity contribution is 7.88. The summed E-state index contributed by atoms with van der Waals surface area (Å²) >= 11 is 4.93. The zero-order valence-corrected chi connectivity index (χ0v) is 13.9. The van der Waals surface area contributed by atoms with Gasteiger partial charge in [-0.15, -0.1) is 0 Å². The average Bonchev–Trinajstić information content (AvgIpc) is 2.47. The zero-order chi connectivity index (χ0) is 15.5. The summed E-state index contributed by atoms with van der Waals surface area (Å²) in [5.41, 5.74) is 7.03. The van der Waals surface area contributed by atoms with Gasteiger partial charge in [-0.25, -0.2) is 12.7 Å². The summed E-state index contributed by atoms with van der Waals surface area (Å²) in [6.45, 7) is 0. The predicted octanol–water partition coefficient (Wildman–Crippen LogP) is 2.42. The van der Waals surface area contributed by atoms with Gasteiger partial charge in [0.05, 0.1) is 5.75 Å². The summed E-state index contributed by atoms with van der Waals surface area (Å²) in [7, 11) is -1.61. The van der Waals surface area contributed by atoms with Crippen LogP contribution in [0.1, 0.15) is 43.2 Å². The molecule has 6 heteroatoms. The van der Waals surface area contributed by atoms with Crippen LogP contribution in [0.5, 0.6) is 0 Å². The SMILES string of the molecule is CN(C1CCCCC1)S(=O)(=O)Cc1cccc(C(N)=S)c1. The standard InChI is InChI=1S/C15H22N2O2S2/c1-17(14-8-3-2-4-9-14)21(18,19)11-12-6-5-7-13(10-12)15(16)20/h5-7,10,14H,2-4,8-9,11H2,1H3,(H2,16,20). The van der Waals surface area contributed by atoms with Gasteiger partial charge in [-0.05, 0) is 24.5 Å². The molecule has 0 saturated heterocycles. The van der Waals surface area contributed by atoms with Gasteiger partial charge in [0.15, 0.2) is 0 Å². The first-order chi connectivity index (χ1) is 9.90. The average molecular weight is 326 g/mol. The fourth-order valence-corrected chi connectivity index (χ4v) is 4.40. The molecule has 0 spiro atoms. The zero-order valence-electron chi connectivity index (χ0n) is 12.3. The number of rotatable bonds is 5. The number of nitrogens with zero attached hydrogens (tertiary/aromatic N) is 1. The van der Waals surface area contributed by atoms with Crippen LogP contribution in [0.3, 0.4) is 0 Å². The van der Waals surface area contributed by atoms with Crippen LogP contribution in [-0.4, -0.2) is 30.8 Å². The Morgan fingerprint density at radius 1 is 1.33 bits per heavy atom. The molecule has 0 unspecified atom stereocenters. The van der Waals surface area contributed by atoms with Gasteiger partial charge in [-0.2, -0.15) is 0 Å². The Labute approximate surface area is 132 Å². The highest BCUT2D eigenvalue weighted by atomic mass is 32.2. The third kappa shape index (κ3) is 4.25. The molecule has 1 aliphatic carbocycles. The van der Waals surface area contributed by atoms with Crippen molar-refractivity contribution in [2.75, 3.05) is 7.05 Å². The largest absolute Gasteiger partial charge is 0.389 e.